The molecular weight excluding hydrogens is 248 g/mol. The number of hydrogen-bond acceptors (Lipinski definition) is 2. The smallest absolute Gasteiger partial charge is 0.222 e. The molecule has 1 aromatic carbocycles. The van der Waals surface area contributed by atoms with Crippen molar-refractivity contribution in [2.24, 2.45) is 11.7 Å². The Bertz CT molecular complexity index is 406. The molecule has 1 aliphatic rings. The van der Waals surface area contributed by atoms with Gasteiger partial charge in [0.15, 0.2) is 0 Å². The first-order chi connectivity index (χ1) is 9.74. The summed E-state index contributed by atoms with van der Waals surface area (Å²) in [6.45, 7) is 4.49. The number of nitrogens with two attached hydrogens (primary N) is 1. The van der Waals surface area contributed by atoms with E-state index < -0.39 is 0 Å². The molecule has 2 rings (SSSR count). The summed E-state index contributed by atoms with van der Waals surface area (Å²) >= 11 is 0. The Morgan fingerprint density at radius 1 is 1.30 bits per heavy atom. The number of carbonyl (C=O) groups is 1. The quantitative estimate of drug-likeness (QED) is 0.897. The maximum absolute atomic E-state index is 12.2. The molecule has 1 amide bonds. The lowest BCUT2D eigenvalue weighted by Gasteiger charge is -2.33. The van der Waals surface area contributed by atoms with Crippen LogP contribution in [0.5, 0.6) is 0 Å². The molecule has 1 fully saturated rings. The molecule has 1 saturated heterocycles. The van der Waals surface area contributed by atoms with Crippen molar-refractivity contribution in [2.75, 3.05) is 19.6 Å². The topological polar surface area (TPSA) is 46.3 Å². The lowest BCUT2D eigenvalue weighted by atomic mass is 9.89. The minimum Gasteiger partial charge on any atom is -0.343 e. The third kappa shape index (κ3) is 3.83. The summed E-state index contributed by atoms with van der Waals surface area (Å²) in [5.74, 6) is 1.24. The standard InChI is InChI=1S/C17H26N2O/c1-2-14(13-18)12-17(20)19-10-8-16(9-11-19)15-6-4-3-5-7-15/h3-7,14,16H,2,8-13,18H2,1H3. The highest BCUT2D eigenvalue weighted by Crippen LogP contribution is 2.28. The van der Waals surface area contributed by atoms with Gasteiger partial charge in [0.1, 0.15) is 0 Å². The molecule has 0 bridgehead atoms. The van der Waals surface area contributed by atoms with Gasteiger partial charge < -0.3 is 10.6 Å². The van der Waals surface area contributed by atoms with Gasteiger partial charge in [-0.05, 0) is 36.8 Å². The van der Waals surface area contributed by atoms with Crippen LogP contribution in [0, 0.1) is 5.92 Å². The van der Waals surface area contributed by atoms with Crippen molar-refractivity contribution < 1.29 is 4.79 Å². The number of benzene rings is 1. The van der Waals surface area contributed by atoms with E-state index in [1.807, 2.05) is 4.90 Å². The Morgan fingerprint density at radius 3 is 2.50 bits per heavy atom. The van der Waals surface area contributed by atoms with Crippen LogP contribution in [0.1, 0.15) is 44.1 Å². The van der Waals surface area contributed by atoms with E-state index in [2.05, 4.69) is 37.3 Å². The Hall–Kier alpha value is -1.35. The molecule has 1 aliphatic heterocycles. The Morgan fingerprint density at radius 2 is 1.95 bits per heavy atom. The fourth-order valence-electron chi connectivity index (χ4n) is 2.96. The van der Waals surface area contributed by atoms with Crippen molar-refractivity contribution in [3.05, 3.63) is 35.9 Å². The van der Waals surface area contributed by atoms with Gasteiger partial charge >= 0.3 is 0 Å². The molecule has 0 saturated carbocycles. The highest BCUT2D eigenvalue weighted by molar-refractivity contribution is 5.76. The van der Waals surface area contributed by atoms with Crippen molar-refractivity contribution >= 4 is 5.91 Å². The summed E-state index contributed by atoms with van der Waals surface area (Å²) in [6, 6.07) is 10.6. The fraction of sp³-hybridized carbons (Fsp3) is 0.588. The molecule has 0 radical (unpaired) electrons. The molecule has 1 aromatic rings. The Kier molecular flexibility index (Phi) is 5.60. The van der Waals surface area contributed by atoms with Gasteiger partial charge in [0.05, 0.1) is 0 Å². The lowest BCUT2D eigenvalue weighted by molar-refractivity contribution is -0.133. The minimum absolute atomic E-state index is 0.286. The third-order valence-corrected chi connectivity index (χ3v) is 4.49. The van der Waals surface area contributed by atoms with Gasteiger partial charge in [-0.1, -0.05) is 43.7 Å². The summed E-state index contributed by atoms with van der Waals surface area (Å²) < 4.78 is 0. The SMILES string of the molecule is CCC(CN)CC(=O)N1CCC(c2ccccc2)CC1. The van der Waals surface area contributed by atoms with E-state index in [-0.39, 0.29) is 5.91 Å². The van der Waals surface area contributed by atoms with E-state index in [1.165, 1.54) is 5.56 Å². The molecule has 0 spiro atoms. The summed E-state index contributed by atoms with van der Waals surface area (Å²) in [5, 5.41) is 0. The number of carbonyl (C=O) groups excluding carboxylic acids is 1. The molecule has 110 valence electrons. The van der Waals surface area contributed by atoms with E-state index in [0.29, 0.717) is 24.8 Å². The van der Waals surface area contributed by atoms with Crippen LogP contribution in [0.15, 0.2) is 30.3 Å². The molecule has 1 atom stereocenters. The molecule has 0 aliphatic carbocycles. The van der Waals surface area contributed by atoms with Crippen LogP contribution < -0.4 is 5.73 Å². The van der Waals surface area contributed by atoms with Crippen molar-refractivity contribution in [3.8, 4) is 0 Å². The van der Waals surface area contributed by atoms with E-state index in [1.54, 1.807) is 0 Å². The van der Waals surface area contributed by atoms with Crippen molar-refractivity contribution in [1.29, 1.82) is 0 Å². The fourth-order valence-corrected chi connectivity index (χ4v) is 2.96. The highest BCUT2D eigenvalue weighted by atomic mass is 16.2. The van der Waals surface area contributed by atoms with Gasteiger partial charge in [-0.2, -0.15) is 0 Å². The highest BCUT2D eigenvalue weighted by Gasteiger charge is 2.24. The maximum atomic E-state index is 12.2. The molecule has 20 heavy (non-hydrogen) atoms. The number of amides is 1. The largest absolute Gasteiger partial charge is 0.343 e. The molecule has 2 N–H and O–H groups in total. The predicted octanol–water partition coefficient (Wildman–Crippen LogP) is 2.77. The Balaban J connectivity index is 1.83. The van der Waals surface area contributed by atoms with Crippen molar-refractivity contribution in [3.63, 3.8) is 0 Å². The normalized spacial score (nSPS) is 18.0. The van der Waals surface area contributed by atoms with Crippen LogP contribution in [-0.4, -0.2) is 30.4 Å². The maximum Gasteiger partial charge on any atom is 0.222 e. The zero-order chi connectivity index (χ0) is 14.4. The number of likely N-dealkylation sites (tertiary alicyclic amines) is 1. The average molecular weight is 274 g/mol. The molecule has 0 aromatic heterocycles. The van der Waals surface area contributed by atoms with Gasteiger partial charge in [-0.3, -0.25) is 4.79 Å². The van der Waals surface area contributed by atoms with Crippen molar-refractivity contribution in [1.82, 2.24) is 4.90 Å². The summed E-state index contributed by atoms with van der Waals surface area (Å²) in [4.78, 5) is 14.3. The van der Waals surface area contributed by atoms with Gasteiger partial charge in [-0.25, -0.2) is 0 Å². The van der Waals surface area contributed by atoms with Gasteiger partial charge in [0, 0.05) is 19.5 Å². The van der Waals surface area contributed by atoms with Gasteiger partial charge in [-0.15, -0.1) is 0 Å². The summed E-state index contributed by atoms with van der Waals surface area (Å²) in [7, 11) is 0. The predicted molar refractivity (Wildman–Crippen MR) is 82.4 cm³/mol. The zero-order valence-electron chi connectivity index (χ0n) is 12.4. The molecular formula is C17H26N2O. The van der Waals surface area contributed by atoms with Crippen LogP contribution in [-0.2, 0) is 4.79 Å². The lowest BCUT2D eigenvalue weighted by Crippen LogP contribution is -2.39. The average Bonchev–Trinajstić information content (AvgIpc) is 2.53. The molecule has 3 nitrogen and oxygen atoms in total. The van der Waals surface area contributed by atoms with Gasteiger partial charge in [0.25, 0.3) is 0 Å². The number of piperidine rings is 1. The van der Waals surface area contributed by atoms with E-state index in [4.69, 9.17) is 5.73 Å². The van der Waals surface area contributed by atoms with E-state index in [9.17, 15) is 4.79 Å². The monoisotopic (exact) mass is 274 g/mol. The number of rotatable bonds is 5. The van der Waals surface area contributed by atoms with Crippen LogP contribution in [0.2, 0.25) is 0 Å². The van der Waals surface area contributed by atoms with Crippen molar-refractivity contribution in [2.45, 2.75) is 38.5 Å². The number of nitrogens with zero attached hydrogens (tertiary/aromatic N) is 1. The zero-order valence-corrected chi connectivity index (χ0v) is 12.4. The third-order valence-electron chi connectivity index (χ3n) is 4.49. The first kappa shape index (κ1) is 15.0. The van der Waals surface area contributed by atoms with Crippen LogP contribution in [0.4, 0.5) is 0 Å². The molecule has 3 heteroatoms. The van der Waals surface area contributed by atoms with Crippen LogP contribution in [0.25, 0.3) is 0 Å². The van der Waals surface area contributed by atoms with Crippen LogP contribution in [0.3, 0.4) is 0 Å². The Labute approximate surface area is 122 Å². The molecule has 1 unspecified atom stereocenters. The van der Waals surface area contributed by atoms with E-state index >= 15 is 0 Å². The minimum atomic E-state index is 0.286. The summed E-state index contributed by atoms with van der Waals surface area (Å²) in [6.07, 6.45) is 3.76. The number of hydrogen-bond donors (Lipinski definition) is 1. The second-order valence-electron chi connectivity index (χ2n) is 5.78. The first-order valence-corrected chi connectivity index (χ1v) is 7.77. The summed E-state index contributed by atoms with van der Waals surface area (Å²) in [5.41, 5.74) is 7.10. The van der Waals surface area contributed by atoms with E-state index in [0.717, 1.165) is 32.4 Å². The second kappa shape index (κ2) is 7.44. The van der Waals surface area contributed by atoms with Crippen LogP contribution >= 0.6 is 0 Å². The molecule has 1 heterocycles. The first-order valence-electron chi connectivity index (χ1n) is 7.77. The second-order valence-corrected chi connectivity index (χ2v) is 5.78. The van der Waals surface area contributed by atoms with Gasteiger partial charge in [0.2, 0.25) is 5.91 Å².